The van der Waals surface area contributed by atoms with E-state index in [4.69, 9.17) is 4.74 Å². The molecule has 2 saturated carbocycles. The van der Waals surface area contributed by atoms with Crippen LogP contribution in [0.25, 0.3) is 0 Å². The van der Waals surface area contributed by atoms with Gasteiger partial charge in [-0.1, -0.05) is 13.3 Å². The number of methoxy groups -OCH3 is 1. The number of rotatable bonds is 3. The second kappa shape index (κ2) is 4.62. The Morgan fingerprint density at radius 3 is 2.12 bits per heavy atom. The van der Waals surface area contributed by atoms with Gasteiger partial charge in [0.25, 0.3) is 0 Å². The molecule has 0 heterocycles. The summed E-state index contributed by atoms with van der Waals surface area (Å²) in [5.41, 5.74) is -0.291. The maximum absolute atomic E-state index is 11.8. The van der Waals surface area contributed by atoms with Crippen LogP contribution in [0.15, 0.2) is 0 Å². The summed E-state index contributed by atoms with van der Waals surface area (Å²) in [7, 11) is 1.51. The van der Waals surface area contributed by atoms with Gasteiger partial charge in [0.05, 0.1) is 12.5 Å². The summed E-state index contributed by atoms with van der Waals surface area (Å²) in [5, 5.41) is 0. The van der Waals surface area contributed by atoms with Gasteiger partial charge in [0, 0.05) is 0 Å². The first kappa shape index (κ1) is 12.9. The van der Waals surface area contributed by atoms with Gasteiger partial charge in [-0.05, 0) is 63.2 Å². The normalized spacial score (nSPS) is 36.9. The first-order chi connectivity index (χ1) is 7.98. The fraction of sp³-hybridized carbons (Fsp3) is 0.933. The molecule has 2 fully saturated rings. The highest BCUT2D eigenvalue weighted by Gasteiger charge is 2.48. The molecule has 98 valence electrons. The maximum Gasteiger partial charge on any atom is 0.311 e. The van der Waals surface area contributed by atoms with Crippen LogP contribution in [0.3, 0.4) is 0 Å². The summed E-state index contributed by atoms with van der Waals surface area (Å²) in [6.45, 7) is 6.42. The van der Waals surface area contributed by atoms with Crippen molar-refractivity contribution in [1.82, 2.24) is 0 Å². The average molecular weight is 238 g/mol. The number of hydrogen-bond donors (Lipinski definition) is 0. The van der Waals surface area contributed by atoms with E-state index in [1.165, 1.54) is 39.2 Å². The van der Waals surface area contributed by atoms with Crippen LogP contribution in [0.4, 0.5) is 0 Å². The largest absolute Gasteiger partial charge is 0.469 e. The van der Waals surface area contributed by atoms with Crippen molar-refractivity contribution in [3.8, 4) is 0 Å². The number of fused-ring (bicyclic) bond motifs is 1. The van der Waals surface area contributed by atoms with Crippen LogP contribution in [0.1, 0.15) is 52.9 Å². The van der Waals surface area contributed by atoms with E-state index in [-0.39, 0.29) is 11.4 Å². The Morgan fingerprint density at radius 2 is 1.71 bits per heavy atom. The van der Waals surface area contributed by atoms with Gasteiger partial charge >= 0.3 is 5.97 Å². The highest BCUT2D eigenvalue weighted by atomic mass is 16.5. The van der Waals surface area contributed by atoms with E-state index in [0.29, 0.717) is 5.92 Å². The summed E-state index contributed by atoms with van der Waals surface area (Å²) >= 11 is 0. The first-order valence-electron chi connectivity index (χ1n) is 7.07. The van der Waals surface area contributed by atoms with Gasteiger partial charge in [-0.15, -0.1) is 0 Å². The molecule has 2 heteroatoms. The third kappa shape index (κ3) is 2.23. The van der Waals surface area contributed by atoms with Gasteiger partial charge in [0.15, 0.2) is 0 Å². The predicted molar refractivity (Wildman–Crippen MR) is 68.5 cm³/mol. The molecule has 2 aliphatic carbocycles. The molecule has 0 aromatic rings. The van der Waals surface area contributed by atoms with Crippen molar-refractivity contribution >= 4 is 5.97 Å². The number of ether oxygens (including phenoxy) is 1. The Balaban J connectivity index is 1.98. The quantitative estimate of drug-likeness (QED) is 0.702. The second-order valence-electron chi connectivity index (χ2n) is 6.65. The van der Waals surface area contributed by atoms with Crippen LogP contribution in [-0.4, -0.2) is 13.1 Å². The molecule has 0 aliphatic heterocycles. The molecule has 2 nitrogen and oxygen atoms in total. The number of carbonyl (C=O) groups is 1. The Morgan fingerprint density at radius 1 is 1.18 bits per heavy atom. The van der Waals surface area contributed by atoms with E-state index < -0.39 is 0 Å². The zero-order valence-corrected chi connectivity index (χ0v) is 11.7. The minimum Gasteiger partial charge on any atom is -0.469 e. The molecule has 0 saturated heterocycles. The molecule has 17 heavy (non-hydrogen) atoms. The van der Waals surface area contributed by atoms with Gasteiger partial charge < -0.3 is 4.74 Å². The zero-order chi connectivity index (χ0) is 12.6. The highest BCUT2D eigenvalue weighted by Crippen LogP contribution is 2.54. The SMILES string of the molecule is CCC1CC2CC(C(C)(C)C(=O)OC)C[C@H]2C1. The molecule has 4 atom stereocenters. The lowest BCUT2D eigenvalue weighted by molar-refractivity contribution is -0.154. The lowest BCUT2D eigenvalue weighted by atomic mass is 9.76. The van der Waals surface area contributed by atoms with Crippen LogP contribution in [0.5, 0.6) is 0 Å². The Bertz CT molecular complexity index is 281. The predicted octanol–water partition coefficient (Wildman–Crippen LogP) is 3.65. The topological polar surface area (TPSA) is 26.3 Å². The molecule has 0 amide bonds. The first-order valence-corrected chi connectivity index (χ1v) is 7.07. The average Bonchev–Trinajstić information content (AvgIpc) is 2.84. The van der Waals surface area contributed by atoms with Crippen molar-refractivity contribution < 1.29 is 9.53 Å². The van der Waals surface area contributed by atoms with E-state index in [2.05, 4.69) is 20.8 Å². The molecule has 0 bridgehead atoms. The van der Waals surface area contributed by atoms with Crippen molar-refractivity contribution in [1.29, 1.82) is 0 Å². The highest BCUT2D eigenvalue weighted by molar-refractivity contribution is 5.76. The molecule has 0 aromatic carbocycles. The van der Waals surface area contributed by atoms with Crippen LogP contribution in [-0.2, 0) is 9.53 Å². The van der Waals surface area contributed by atoms with Crippen molar-refractivity contribution in [2.45, 2.75) is 52.9 Å². The number of hydrogen-bond acceptors (Lipinski definition) is 2. The molecular formula is C15H26O2. The fourth-order valence-corrected chi connectivity index (χ4v) is 4.09. The summed E-state index contributed by atoms with van der Waals surface area (Å²) in [5.74, 6) is 3.22. The number of carbonyl (C=O) groups excluding carboxylic acids is 1. The van der Waals surface area contributed by atoms with Crippen LogP contribution >= 0.6 is 0 Å². The monoisotopic (exact) mass is 238 g/mol. The molecule has 0 aromatic heterocycles. The molecule has 3 unspecified atom stereocenters. The molecule has 2 aliphatic rings. The molecule has 2 rings (SSSR count). The van der Waals surface area contributed by atoms with Crippen molar-refractivity contribution in [2.75, 3.05) is 7.11 Å². The van der Waals surface area contributed by atoms with Crippen LogP contribution in [0, 0.1) is 29.1 Å². The third-order valence-electron chi connectivity index (χ3n) is 5.42. The van der Waals surface area contributed by atoms with E-state index in [0.717, 1.165) is 17.8 Å². The van der Waals surface area contributed by atoms with Gasteiger partial charge in [-0.2, -0.15) is 0 Å². The molecule has 0 spiro atoms. The second-order valence-corrected chi connectivity index (χ2v) is 6.65. The van der Waals surface area contributed by atoms with E-state index >= 15 is 0 Å². The lowest BCUT2D eigenvalue weighted by Gasteiger charge is -2.29. The van der Waals surface area contributed by atoms with E-state index in [1.807, 2.05) is 0 Å². The van der Waals surface area contributed by atoms with E-state index in [1.54, 1.807) is 0 Å². The van der Waals surface area contributed by atoms with Crippen molar-refractivity contribution in [3.05, 3.63) is 0 Å². The Hall–Kier alpha value is -0.530. The van der Waals surface area contributed by atoms with Crippen LogP contribution in [0.2, 0.25) is 0 Å². The maximum atomic E-state index is 11.8. The van der Waals surface area contributed by atoms with Gasteiger partial charge in [-0.25, -0.2) is 0 Å². The van der Waals surface area contributed by atoms with Crippen molar-refractivity contribution in [3.63, 3.8) is 0 Å². The molecule has 0 radical (unpaired) electrons. The van der Waals surface area contributed by atoms with Crippen molar-refractivity contribution in [2.24, 2.45) is 29.1 Å². The Kier molecular flexibility index (Phi) is 3.51. The lowest BCUT2D eigenvalue weighted by Crippen LogP contribution is -2.33. The minimum atomic E-state index is -0.291. The fourth-order valence-electron chi connectivity index (χ4n) is 4.09. The smallest absolute Gasteiger partial charge is 0.311 e. The molecular weight excluding hydrogens is 212 g/mol. The Labute approximate surface area is 105 Å². The molecule has 0 N–H and O–H groups in total. The van der Waals surface area contributed by atoms with Crippen LogP contribution < -0.4 is 0 Å². The third-order valence-corrected chi connectivity index (χ3v) is 5.42. The standard InChI is InChI=1S/C15H26O2/c1-5-10-6-11-8-13(9-12(11)7-10)15(2,3)14(16)17-4/h10-13H,5-9H2,1-4H3/t10?,11-,12?,13?/m1/s1. The van der Waals surface area contributed by atoms with Gasteiger partial charge in [-0.3, -0.25) is 4.79 Å². The van der Waals surface area contributed by atoms with E-state index in [9.17, 15) is 4.79 Å². The van der Waals surface area contributed by atoms with Gasteiger partial charge in [0.2, 0.25) is 0 Å². The minimum absolute atomic E-state index is 0.0329. The van der Waals surface area contributed by atoms with Gasteiger partial charge in [0.1, 0.15) is 0 Å². The number of esters is 1. The zero-order valence-electron chi connectivity index (χ0n) is 11.7. The summed E-state index contributed by atoms with van der Waals surface area (Å²) in [6.07, 6.45) is 6.61. The summed E-state index contributed by atoms with van der Waals surface area (Å²) in [6, 6.07) is 0. The summed E-state index contributed by atoms with van der Waals surface area (Å²) in [4.78, 5) is 11.8. The summed E-state index contributed by atoms with van der Waals surface area (Å²) < 4.78 is 4.95.